The third-order valence-corrected chi connectivity index (χ3v) is 3.50. The minimum Gasteiger partial charge on any atom is -0.426 e. The van der Waals surface area contributed by atoms with Crippen LogP contribution in [0.2, 0.25) is 0 Å². The molecule has 5 heteroatoms. The molecule has 3 rings (SSSR count). The summed E-state index contributed by atoms with van der Waals surface area (Å²) >= 11 is 0. The van der Waals surface area contributed by atoms with Gasteiger partial charge in [-0.15, -0.1) is 0 Å². The molecule has 118 valence electrons. The van der Waals surface area contributed by atoms with Gasteiger partial charge in [-0.1, -0.05) is 24.3 Å². The molecular formula is C19H15N3O2. The van der Waals surface area contributed by atoms with Crippen molar-refractivity contribution in [3.8, 4) is 28.8 Å². The Morgan fingerprint density at radius 3 is 2.71 bits per heavy atom. The molecule has 0 unspecified atom stereocenters. The van der Waals surface area contributed by atoms with Crippen LogP contribution in [0.5, 0.6) is 5.75 Å². The van der Waals surface area contributed by atoms with Gasteiger partial charge in [0.1, 0.15) is 5.75 Å². The molecule has 1 aromatic heterocycles. The maximum atomic E-state index is 11.4. The summed E-state index contributed by atoms with van der Waals surface area (Å²) in [5, 5.41) is 13.3. The zero-order valence-corrected chi connectivity index (χ0v) is 13.1. The summed E-state index contributed by atoms with van der Waals surface area (Å²) in [6.45, 7) is 1.36. The van der Waals surface area contributed by atoms with Crippen LogP contribution in [-0.4, -0.2) is 15.7 Å². The lowest BCUT2D eigenvalue weighted by atomic mass is 10.0. The fourth-order valence-electron chi connectivity index (χ4n) is 2.50. The van der Waals surface area contributed by atoms with E-state index < -0.39 is 5.97 Å². The average molecular weight is 317 g/mol. The Hall–Kier alpha value is -3.39. The van der Waals surface area contributed by atoms with E-state index >= 15 is 0 Å². The van der Waals surface area contributed by atoms with E-state index in [1.807, 2.05) is 42.5 Å². The molecule has 0 amide bonds. The number of nitrogens with zero attached hydrogens (tertiary/aromatic N) is 3. The predicted molar refractivity (Wildman–Crippen MR) is 89.6 cm³/mol. The first kappa shape index (κ1) is 15.5. The highest BCUT2D eigenvalue weighted by Gasteiger charge is 2.15. The summed E-state index contributed by atoms with van der Waals surface area (Å²) in [7, 11) is 0. The van der Waals surface area contributed by atoms with Gasteiger partial charge in [-0.2, -0.15) is 10.4 Å². The minimum absolute atomic E-state index is 0.285. The lowest BCUT2D eigenvalue weighted by molar-refractivity contribution is -0.131. The Kier molecular flexibility index (Phi) is 4.39. The molecule has 0 saturated carbocycles. The van der Waals surface area contributed by atoms with Crippen LogP contribution in [0.15, 0.2) is 60.8 Å². The van der Waals surface area contributed by atoms with Crippen molar-refractivity contribution in [2.24, 2.45) is 0 Å². The van der Waals surface area contributed by atoms with Gasteiger partial charge in [-0.25, -0.2) is 4.68 Å². The number of hydrogen-bond donors (Lipinski definition) is 0. The summed E-state index contributed by atoms with van der Waals surface area (Å²) in [6, 6.07) is 19.0. The van der Waals surface area contributed by atoms with Gasteiger partial charge in [-0.3, -0.25) is 4.79 Å². The Bertz CT molecular complexity index is 908. The Morgan fingerprint density at radius 1 is 1.21 bits per heavy atom. The molecule has 0 aliphatic heterocycles. The molecule has 3 aromatic rings. The zero-order chi connectivity index (χ0) is 16.9. The summed E-state index contributed by atoms with van der Waals surface area (Å²) in [6.07, 6.45) is 1.98. The Morgan fingerprint density at radius 2 is 2.00 bits per heavy atom. The van der Waals surface area contributed by atoms with Crippen LogP contribution in [0.25, 0.3) is 16.9 Å². The number of hydrogen-bond acceptors (Lipinski definition) is 4. The van der Waals surface area contributed by atoms with Crippen molar-refractivity contribution in [3.63, 3.8) is 0 Å². The molecule has 0 aliphatic rings. The molecule has 24 heavy (non-hydrogen) atoms. The minimum atomic E-state index is -0.393. The maximum Gasteiger partial charge on any atom is 0.308 e. The van der Waals surface area contributed by atoms with Crippen LogP contribution in [0.3, 0.4) is 0 Å². The molecule has 0 N–H and O–H groups in total. The van der Waals surface area contributed by atoms with Gasteiger partial charge in [0.15, 0.2) is 0 Å². The van der Waals surface area contributed by atoms with Crippen LogP contribution in [0, 0.1) is 11.3 Å². The average Bonchev–Trinajstić information content (AvgIpc) is 3.06. The predicted octanol–water partition coefficient (Wildman–Crippen LogP) is 3.53. The van der Waals surface area contributed by atoms with Gasteiger partial charge in [0, 0.05) is 12.5 Å². The second kappa shape index (κ2) is 6.80. The van der Waals surface area contributed by atoms with Crippen molar-refractivity contribution in [3.05, 3.63) is 66.4 Å². The number of esters is 1. The zero-order valence-electron chi connectivity index (χ0n) is 13.1. The normalized spacial score (nSPS) is 10.2. The largest absolute Gasteiger partial charge is 0.426 e. The van der Waals surface area contributed by atoms with Crippen molar-refractivity contribution < 1.29 is 9.53 Å². The van der Waals surface area contributed by atoms with Crippen LogP contribution in [-0.2, 0) is 11.2 Å². The van der Waals surface area contributed by atoms with Crippen LogP contribution < -0.4 is 4.74 Å². The van der Waals surface area contributed by atoms with Gasteiger partial charge in [0.05, 0.1) is 30.1 Å². The fourth-order valence-corrected chi connectivity index (χ4v) is 2.50. The van der Waals surface area contributed by atoms with Crippen molar-refractivity contribution >= 4 is 5.97 Å². The SMILES string of the molecule is CC(=O)Oc1ccc(CC#N)cc1-c1ccnn1-c1ccccc1. The van der Waals surface area contributed by atoms with Gasteiger partial charge in [-0.05, 0) is 35.9 Å². The highest BCUT2D eigenvalue weighted by atomic mass is 16.5. The molecule has 0 aliphatic carbocycles. The lowest BCUT2D eigenvalue weighted by Crippen LogP contribution is -2.05. The van der Waals surface area contributed by atoms with Gasteiger partial charge < -0.3 is 4.74 Å². The number of carbonyl (C=O) groups excluding carboxylic acids is 1. The first-order valence-corrected chi connectivity index (χ1v) is 7.47. The molecule has 5 nitrogen and oxygen atoms in total. The number of aromatic nitrogens is 2. The number of benzene rings is 2. The van der Waals surface area contributed by atoms with Crippen molar-refractivity contribution in [2.75, 3.05) is 0 Å². The van der Waals surface area contributed by atoms with E-state index in [1.54, 1.807) is 23.0 Å². The van der Waals surface area contributed by atoms with Crippen LogP contribution in [0.1, 0.15) is 12.5 Å². The van der Waals surface area contributed by atoms with Crippen LogP contribution in [0.4, 0.5) is 0 Å². The van der Waals surface area contributed by atoms with E-state index in [-0.39, 0.29) is 6.42 Å². The smallest absolute Gasteiger partial charge is 0.308 e. The van der Waals surface area contributed by atoms with E-state index in [1.165, 1.54) is 6.92 Å². The Balaban J connectivity index is 2.15. The molecule has 0 radical (unpaired) electrons. The highest BCUT2D eigenvalue weighted by molar-refractivity contribution is 5.76. The van der Waals surface area contributed by atoms with Crippen molar-refractivity contribution in [1.82, 2.24) is 9.78 Å². The third-order valence-electron chi connectivity index (χ3n) is 3.50. The number of rotatable bonds is 4. The monoisotopic (exact) mass is 317 g/mol. The number of ether oxygens (including phenoxy) is 1. The fraction of sp³-hybridized carbons (Fsp3) is 0.105. The molecule has 2 aromatic carbocycles. The summed E-state index contributed by atoms with van der Waals surface area (Å²) in [4.78, 5) is 11.4. The van der Waals surface area contributed by atoms with E-state index in [9.17, 15) is 4.79 Å². The third kappa shape index (κ3) is 3.18. The molecular weight excluding hydrogens is 302 g/mol. The summed E-state index contributed by atoms with van der Waals surface area (Å²) < 4.78 is 7.11. The lowest BCUT2D eigenvalue weighted by Gasteiger charge is -2.12. The van der Waals surface area contributed by atoms with Gasteiger partial charge in [0.25, 0.3) is 0 Å². The van der Waals surface area contributed by atoms with E-state index in [0.717, 1.165) is 22.5 Å². The van der Waals surface area contributed by atoms with E-state index in [0.29, 0.717) is 5.75 Å². The molecule has 1 heterocycles. The number of nitriles is 1. The summed E-state index contributed by atoms with van der Waals surface area (Å²) in [5.41, 5.74) is 3.26. The molecule has 0 spiro atoms. The van der Waals surface area contributed by atoms with E-state index in [2.05, 4.69) is 11.2 Å². The highest BCUT2D eigenvalue weighted by Crippen LogP contribution is 2.32. The van der Waals surface area contributed by atoms with Crippen molar-refractivity contribution in [1.29, 1.82) is 5.26 Å². The maximum absolute atomic E-state index is 11.4. The molecule has 0 saturated heterocycles. The van der Waals surface area contributed by atoms with Gasteiger partial charge in [0.2, 0.25) is 0 Å². The first-order chi connectivity index (χ1) is 11.7. The van der Waals surface area contributed by atoms with E-state index in [4.69, 9.17) is 10.00 Å². The molecule has 0 atom stereocenters. The number of para-hydroxylation sites is 1. The summed E-state index contributed by atoms with van der Waals surface area (Å²) in [5.74, 6) is 0.0527. The second-order valence-electron chi connectivity index (χ2n) is 5.22. The molecule has 0 fully saturated rings. The standard InChI is InChI=1S/C19H15N3O2/c1-14(23)24-19-8-7-15(9-11-20)13-17(19)18-10-12-21-22(18)16-5-3-2-4-6-16/h2-8,10,12-13H,9H2,1H3. The molecule has 0 bridgehead atoms. The van der Waals surface area contributed by atoms with Crippen LogP contribution >= 0.6 is 0 Å². The topological polar surface area (TPSA) is 67.9 Å². The van der Waals surface area contributed by atoms with Crippen molar-refractivity contribution in [2.45, 2.75) is 13.3 Å². The second-order valence-corrected chi connectivity index (χ2v) is 5.22. The Labute approximate surface area is 139 Å². The quantitative estimate of drug-likeness (QED) is 0.545. The van der Waals surface area contributed by atoms with Gasteiger partial charge >= 0.3 is 5.97 Å². The first-order valence-electron chi connectivity index (χ1n) is 7.47. The number of carbonyl (C=O) groups is 1.